The first-order valence-corrected chi connectivity index (χ1v) is 12.6. The first kappa shape index (κ1) is 22.9. The molecule has 0 aromatic heterocycles. The molecule has 0 atom stereocenters. The van der Waals surface area contributed by atoms with Gasteiger partial charge in [0.05, 0.1) is 12.2 Å². The molecule has 32 heavy (non-hydrogen) atoms. The van der Waals surface area contributed by atoms with Crippen LogP contribution in [0.5, 0.6) is 11.5 Å². The Morgan fingerprint density at radius 2 is 1.38 bits per heavy atom. The summed E-state index contributed by atoms with van der Waals surface area (Å²) < 4.78 is 11.4. The Bertz CT molecular complexity index is 857. The third kappa shape index (κ3) is 5.36. The molecule has 0 amide bonds. The molecule has 0 heterocycles. The summed E-state index contributed by atoms with van der Waals surface area (Å²) in [4.78, 5) is 12.6. The minimum atomic E-state index is -0.307. The number of ether oxygens (including phenoxy) is 2. The average Bonchev–Trinajstić information content (AvgIpc) is 2.83. The van der Waals surface area contributed by atoms with E-state index in [9.17, 15) is 4.79 Å². The van der Waals surface area contributed by atoms with Gasteiger partial charge in [-0.3, -0.25) is 0 Å². The molecule has 3 heteroatoms. The minimum Gasteiger partial charge on any atom is -0.494 e. The van der Waals surface area contributed by atoms with Gasteiger partial charge in [-0.2, -0.15) is 0 Å². The second kappa shape index (κ2) is 10.1. The summed E-state index contributed by atoms with van der Waals surface area (Å²) in [6.45, 7) is 5.40. The summed E-state index contributed by atoms with van der Waals surface area (Å²) in [5, 5.41) is 0. The predicted octanol–water partition coefficient (Wildman–Crippen LogP) is 7.87. The number of benzene rings is 2. The van der Waals surface area contributed by atoms with Gasteiger partial charge in [0.1, 0.15) is 11.5 Å². The van der Waals surface area contributed by atoms with Crippen molar-refractivity contribution in [1.29, 1.82) is 0 Å². The van der Waals surface area contributed by atoms with Crippen LogP contribution in [-0.4, -0.2) is 12.6 Å². The molecule has 2 aromatic carbocycles. The lowest BCUT2D eigenvalue weighted by Gasteiger charge is -2.52. The topological polar surface area (TPSA) is 35.5 Å². The lowest BCUT2D eigenvalue weighted by Crippen LogP contribution is -2.42. The van der Waals surface area contributed by atoms with Crippen molar-refractivity contribution < 1.29 is 14.3 Å². The molecule has 0 radical (unpaired) electrons. The Kier molecular flexibility index (Phi) is 7.23. The van der Waals surface area contributed by atoms with Gasteiger partial charge in [-0.1, -0.05) is 51.7 Å². The molecule has 2 aromatic rings. The number of unbranched alkanes of at least 4 members (excludes halogenated alkanes) is 4. The van der Waals surface area contributed by atoms with E-state index in [4.69, 9.17) is 9.47 Å². The van der Waals surface area contributed by atoms with Gasteiger partial charge < -0.3 is 9.47 Å². The van der Waals surface area contributed by atoms with E-state index < -0.39 is 0 Å². The lowest BCUT2D eigenvalue weighted by molar-refractivity contribution is 0.0556. The summed E-state index contributed by atoms with van der Waals surface area (Å²) in [6.07, 6.45) is 13.9. The summed E-state index contributed by atoms with van der Waals surface area (Å²) in [7, 11) is 0. The van der Waals surface area contributed by atoms with Gasteiger partial charge in [0.15, 0.2) is 0 Å². The highest BCUT2D eigenvalue weighted by Gasteiger charge is 2.46. The number of carbonyl (C=O) groups excluding carboxylic acids is 1. The molecule has 0 aliphatic heterocycles. The molecule has 3 aliphatic rings. The van der Waals surface area contributed by atoms with Gasteiger partial charge in [0, 0.05) is 0 Å². The molecule has 0 unspecified atom stereocenters. The molecular weight excluding hydrogens is 396 g/mol. The first-order valence-electron chi connectivity index (χ1n) is 12.6. The highest BCUT2D eigenvalue weighted by molar-refractivity contribution is 5.91. The van der Waals surface area contributed by atoms with Gasteiger partial charge in [0.25, 0.3) is 0 Å². The van der Waals surface area contributed by atoms with Crippen molar-refractivity contribution in [3.63, 3.8) is 0 Å². The highest BCUT2D eigenvalue weighted by atomic mass is 16.5. The van der Waals surface area contributed by atoms with Crippen LogP contribution in [0, 0.1) is 5.41 Å². The molecule has 5 rings (SSSR count). The van der Waals surface area contributed by atoms with Crippen molar-refractivity contribution in [2.45, 2.75) is 89.9 Å². The van der Waals surface area contributed by atoms with E-state index in [1.165, 1.54) is 69.8 Å². The van der Waals surface area contributed by atoms with E-state index >= 15 is 0 Å². The molecule has 3 aliphatic carbocycles. The van der Waals surface area contributed by atoms with Gasteiger partial charge >= 0.3 is 5.97 Å². The maximum atomic E-state index is 12.6. The summed E-state index contributed by atoms with van der Waals surface area (Å²) >= 11 is 0. The highest BCUT2D eigenvalue weighted by Crippen LogP contribution is 2.57. The van der Waals surface area contributed by atoms with E-state index in [0.29, 0.717) is 22.1 Å². The van der Waals surface area contributed by atoms with E-state index in [1.807, 2.05) is 24.3 Å². The molecular formula is C29H38O3. The number of fused-ring (bicyclic) bond motifs is 3. The summed E-state index contributed by atoms with van der Waals surface area (Å²) in [5.41, 5.74) is 2.90. The fourth-order valence-electron chi connectivity index (χ4n) is 5.43. The molecule has 3 fully saturated rings. The fraction of sp³-hybridized carbons (Fsp3) is 0.552. The van der Waals surface area contributed by atoms with Crippen LogP contribution in [0.15, 0.2) is 48.5 Å². The zero-order valence-corrected chi connectivity index (χ0v) is 19.8. The Morgan fingerprint density at radius 1 is 0.781 bits per heavy atom. The zero-order chi connectivity index (χ0) is 22.4. The monoisotopic (exact) mass is 434 g/mol. The molecule has 3 nitrogen and oxygen atoms in total. The molecule has 2 bridgehead atoms. The summed E-state index contributed by atoms with van der Waals surface area (Å²) in [5.74, 6) is 1.06. The van der Waals surface area contributed by atoms with Crippen LogP contribution in [0.25, 0.3) is 0 Å². The number of hydrogen-bond donors (Lipinski definition) is 0. The van der Waals surface area contributed by atoms with Crippen molar-refractivity contribution in [3.8, 4) is 11.5 Å². The first-order chi connectivity index (χ1) is 15.5. The Morgan fingerprint density at radius 3 is 2.00 bits per heavy atom. The molecule has 0 spiro atoms. The number of esters is 1. The molecule has 3 saturated carbocycles. The van der Waals surface area contributed by atoms with E-state index in [0.717, 1.165) is 18.8 Å². The SMILES string of the molecule is CCCCCCCOc1ccc(OC(=O)c2ccc(C34CCC(C)(CC3)CC4)cc2)cc1. The van der Waals surface area contributed by atoms with E-state index in [-0.39, 0.29) is 5.97 Å². The Balaban J connectivity index is 1.28. The van der Waals surface area contributed by atoms with Crippen molar-refractivity contribution in [1.82, 2.24) is 0 Å². The molecule has 0 saturated heterocycles. The Hall–Kier alpha value is -2.29. The quantitative estimate of drug-likeness (QED) is 0.217. The van der Waals surface area contributed by atoms with Gasteiger partial charge in [-0.05, 0) is 97.7 Å². The maximum absolute atomic E-state index is 12.6. The second-order valence-electron chi connectivity index (χ2n) is 10.3. The minimum absolute atomic E-state index is 0.307. The van der Waals surface area contributed by atoms with Crippen molar-refractivity contribution in [2.75, 3.05) is 6.61 Å². The van der Waals surface area contributed by atoms with E-state index in [1.54, 1.807) is 12.1 Å². The maximum Gasteiger partial charge on any atom is 0.343 e. The number of carbonyl (C=O) groups is 1. The Labute approximate surface area is 193 Å². The van der Waals surface area contributed by atoms with E-state index in [2.05, 4.69) is 26.0 Å². The van der Waals surface area contributed by atoms with Crippen molar-refractivity contribution >= 4 is 5.97 Å². The van der Waals surface area contributed by atoms with Crippen LogP contribution in [-0.2, 0) is 5.41 Å². The third-order valence-corrected chi connectivity index (χ3v) is 7.91. The van der Waals surface area contributed by atoms with Crippen LogP contribution < -0.4 is 9.47 Å². The normalized spacial score (nSPS) is 24.3. The average molecular weight is 435 g/mol. The predicted molar refractivity (Wildman–Crippen MR) is 130 cm³/mol. The fourth-order valence-corrected chi connectivity index (χ4v) is 5.43. The third-order valence-electron chi connectivity index (χ3n) is 7.91. The van der Waals surface area contributed by atoms with Gasteiger partial charge in [-0.25, -0.2) is 4.79 Å². The standard InChI is InChI=1S/C29H38O3/c1-3-4-5-6-7-22-31-25-12-14-26(15-13-25)32-27(30)23-8-10-24(11-9-23)29-19-16-28(2,17-20-29)18-21-29/h8-15H,3-7,16-22H2,1-2H3. The smallest absolute Gasteiger partial charge is 0.343 e. The summed E-state index contributed by atoms with van der Waals surface area (Å²) in [6, 6.07) is 15.5. The van der Waals surface area contributed by atoms with Crippen LogP contribution in [0.2, 0.25) is 0 Å². The van der Waals surface area contributed by atoms with Crippen LogP contribution in [0.1, 0.15) is 100 Å². The van der Waals surface area contributed by atoms with Gasteiger partial charge in [0.2, 0.25) is 0 Å². The zero-order valence-electron chi connectivity index (χ0n) is 19.8. The van der Waals surface area contributed by atoms with Crippen molar-refractivity contribution in [2.24, 2.45) is 5.41 Å². The largest absolute Gasteiger partial charge is 0.494 e. The second-order valence-corrected chi connectivity index (χ2v) is 10.3. The van der Waals surface area contributed by atoms with Crippen molar-refractivity contribution in [3.05, 3.63) is 59.7 Å². The van der Waals surface area contributed by atoms with Gasteiger partial charge in [-0.15, -0.1) is 0 Å². The molecule has 0 N–H and O–H groups in total. The number of hydrogen-bond acceptors (Lipinski definition) is 3. The van der Waals surface area contributed by atoms with Crippen LogP contribution >= 0.6 is 0 Å². The lowest BCUT2D eigenvalue weighted by atomic mass is 9.52. The number of rotatable bonds is 10. The van der Waals surface area contributed by atoms with Crippen LogP contribution in [0.4, 0.5) is 0 Å². The van der Waals surface area contributed by atoms with Crippen LogP contribution in [0.3, 0.4) is 0 Å². The molecule has 172 valence electrons.